The van der Waals surface area contributed by atoms with Crippen LogP contribution in [-0.2, 0) is 6.18 Å². The van der Waals surface area contributed by atoms with Gasteiger partial charge in [0.05, 0.1) is 0 Å². The van der Waals surface area contributed by atoms with Gasteiger partial charge >= 0.3 is 6.18 Å². The molecule has 0 radical (unpaired) electrons. The van der Waals surface area contributed by atoms with Crippen LogP contribution in [0.1, 0.15) is 29.0 Å². The van der Waals surface area contributed by atoms with Gasteiger partial charge in [0.2, 0.25) is 0 Å². The first-order valence-electron chi connectivity index (χ1n) is 7.91. The number of carbonyl (C=O) groups is 1. The van der Waals surface area contributed by atoms with Crippen LogP contribution in [0, 0.1) is 0 Å². The Balaban J connectivity index is 1.57. The molecule has 7 nitrogen and oxygen atoms in total. The second kappa shape index (κ2) is 7.14. The summed E-state index contributed by atoms with van der Waals surface area (Å²) in [5.74, 6) is 0.268. The quantitative estimate of drug-likeness (QED) is 0.889. The fourth-order valence-corrected chi connectivity index (χ4v) is 2.66. The zero-order valence-electron chi connectivity index (χ0n) is 13.6. The molecule has 0 spiro atoms. The Kier molecular flexibility index (Phi) is 4.92. The molecule has 0 aliphatic carbocycles. The van der Waals surface area contributed by atoms with Gasteiger partial charge in [0.15, 0.2) is 11.5 Å². The number of nitrogens with zero attached hydrogens (tertiary/aromatic N) is 4. The van der Waals surface area contributed by atoms with E-state index in [2.05, 4.69) is 15.2 Å². The lowest BCUT2D eigenvalue weighted by molar-refractivity contribution is -0.141. The van der Waals surface area contributed by atoms with Crippen LogP contribution in [0.4, 0.5) is 19.0 Å². The van der Waals surface area contributed by atoms with Gasteiger partial charge in [-0.1, -0.05) is 0 Å². The first kappa shape index (κ1) is 17.9. The number of halogens is 3. The number of carbonyl (C=O) groups excluding carboxylic acids is 1. The molecular weight excluding hydrogens is 351 g/mol. The molecule has 0 bridgehead atoms. The standard InChI is InChI=1S/C16H16F3N5O2/c17-16(18,19)13-1-2-14(23-22-13)24-7-4-10(5-8-24)26-11-3-6-21-12(9-11)15(20)25/h1-3,6,9-10H,4-5,7-8H2,(H2,20,25). The summed E-state index contributed by atoms with van der Waals surface area (Å²) in [6.45, 7) is 1.14. The highest BCUT2D eigenvalue weighted by atomic mass is 19.4. The molecule has 3 heterocycles. The maximum absolute atomic E-state index is 12.5. The monoisotopic (exact) mass is 367 g/mol. The SMILES string of the molecule is NC(=O)c1cc(OC2CCN(c3ccc(C(F)(F)F)nn3)CC2)ccn1. The number of hydrogen-bond acceptors (Lipinski definition) is 6. The topological polar surface area (TPSA) is 94.2 Å². The lowest BCUT2D eigenvalue weighted by atomic mass is 10.1. The predicted molar refractivity (Wildman–Crippen MR) is 85.7 cm³/mol. The number of rotatable bonds is 4. The summed E-state index contributed by atoms with van der Waals surface area (Å²) in [7, 11) is 0. The highest BCUT2D eigenvalue weighted by Crippen LogP contribution is 2.28. The van der Waals surface area contributed by atoms with Gasteiger partial charge in [0.25, 0.3) is 5.91 Å². The molecule has 138 valence electrons. The zero-order chi connectivity index (χ0) is 18.7. The normalized spacial score (nSPS) is 15.7. The molecule has 10 heteroatoms. The van der Waals surface area contributed by atoms with Crippen LogP contribution in [0.15, 0.2) is 30.5 Å². The van der Waals surface area contributed by atoms with Crippen molar-refractivity contribution < 1.29 is 22.7 Å². The zero-order valence-corrected chi connectivity index (χ0v) is 13.6. The van der Waals surface area contributed by atoms with E-state index >= 15 is 0 Å². The number of ether oxygens (including phenoxy) is 1. The van der Waals surface area contributed by atoms with E-state index in [0.29, 0.717) is 37.5 Å². The van der Waals surface area contributed by atoms with E-state index in [4.69, 9.17) is 10.5 Å². The highest BCUT2D eigenvalue weighted by molar-refractivity contribution is 5.91. The molecule has 1 saturated heterocycles. The van der Waals surface area contributed by atoms with Crippen LogP contribution in [0.25, 0.3) is 0 Å². The van der Waals surface area contributed by atoms with E-state index in [9.17, 15) is 18.0 Å². The van der Waals surface area contributed by atoms with E-state index in [1.807, 2.05) is 4.90 Å². The Morgan fingerprint density at radius 1 is 1.19 bits per heavy atom. The Labute approximate surface area is 147 Å². The molecule has 2 aromatic rings. The van der Waals surface area contributed by atoms with Gasteiger partial charge in [-0.15, -0.1) is 10.2 Å². The van der Waals surface area contributed by atoms with Crippen molar-refractivity contribution in [3.8, 4) is 5.75 Å². The second-order valence-corrected chi connectivity index (χ2v) is 5.82. The number of nitrogens with two attached hydrogens (primary N) is 1. The third kappa shape index (κ3) is 4.19. The van der Waals surface area contributed by atoms with Crippen LogP contribution in [0.2, 0.25) is 0 Å². The number of hydrogen-bond donors (Lipinski definition) is 1. The molecule has 0 atom stereocenters. The molecule has 1 amide bonds. The molecule has 1 fully saturated rings. The van der Waals surface area contributed by atoms with E-state index in [0.717, 1.165) is 6.07 Å². The first-order chi connectivity index (χ1) is 12.3. The number of amides is 1. The van der Waals surface area contributed by atoms with Crippen LogP contribution >= 0.6 is 0 Å². The van der Waals surface area contributed by atoms with Crippen LogP contribution in [0.3, 0.4) is 0 Å². The van der Waals surface area contributed by atoms with Crippen molar-refractivity contribution in [3.05, 3.63) is 41.9 Å². The molecular formula is C16H16F3N5O2. The van der Waals surface area contributed by atoms with Crippen molar-refractivity contribution in [1.82, 2.24) is 15.2 Å². The van der Waals surface area contributed by atoms with Crippen LogP contribution < -0.4 is 15.4 Å². The van der Waals surface area contributed by atoms with Gasteiger partial charge < -0.3 is 15.4 Å². The van der Waals surface area contributed by atoms with Gasteiger partial charge in [-0.3, -0.25) is 9.78 Å². The smallest absolute Gasteiger partial charge is 0.435 e. The van der Waals surface area contributed by atoms with Crippen LogP contribution in [-0.4, -0.2) is 40.3 Å². The summed E-state index contributed by atoms with van der Waals surface area (Å²) in [5.41, 5.74) is 4.30. The third-order valence-electron chi connectivity index (χ3n) is 3.99. The first-order valence-corrected chi connectivity index (χ1v) is 7.91. The molecule has 3 rings (SSSR count). The Morgan fingerprint density at radius 2 is 1.92 bits per heavy atom. The minimum absolute atomic E-state index is 0.0863. The van der Waals surface area contributed by atoms with E-state index in [1.165, 1.54) is 18.3 Å². The van der Waals surface area contributed by atoms with Gasteiger partial charge in [0.1, 0.15) is 17.5 Å². The maximum Gasteiger partial charge on any atom is 0.435 e. The minimum atomic E-state index is -4.50. The number of alkyl halides is 3. The number of pyridine rings is 1. The Hall–Kier alpha value is -2.91. The predicted octanol–water partition coefficient (Wildman–Crippen LogP) is 2.04. The van der Waals surface area contributed by atoms with Crippen molar-refractivity contribution in [2.75, 3.05) is 18.0 Å². The van der Waals surface area contributed by atoms with E-state index in [1.54, 1.807) is 6.07 Å². The van der Waals surface area contributed by atoms with Gasteiger partial charge in [-0.05, 0) is 18.2 Å². The summed E-state index contributed by atoms with van der Waals surface area (Å²) in [6, 6.07) is 5.36. The number of primary amides is 1. The number of piperidine rings is 1. The second-order valence-electron chi connectivity index (χ2n) is 5.82. The van der Waals surface area contributed by atoms with Crippen molar-refractivity contribution in [3.63, 3.8) is 0 Å². The summed E-state index contributed by atoms with van der Waals surface area (Å²) in [5, 5.41) is 6.90. The third-order valence-corrected chi connectivity index (χ3v) is 3.99. The molecule has 0 saturated carbocycles. The fraction of sp³-hybridized carbons (Fsp3) is 0.375. The Morgan fingerprint density at radius 3 is 2.50 bits per heavy atom. The lowest BCUT2D eigenvalue weighted by Gasteiger charge is -2.32. The molecule has 1 aliphatic heterocycles. The minimum Gasteiger partial charge on any atom is -0.490 e. The van der Waals surface area contributed by atoms with Gasteiger partial charge in [-0.25, -0.2) is 0 Å². The summed E-state index contributed by atoms with van der Waals surface area (Å²) in [6.07, 6.45) is -1.84. The lowest BCUT2D eigenvalue weighted by Crippen LogP contribution is -2.38. The average molecular weight is 367 g/mol. The Bertz CT molecular complexity index is 774. The average Bonchev–Trinajstić information content (AvgIpc) is 2.62. The molecule has 0 aromatic carbocycles. The molecule has 26 heavy (non-hydrogen) atoms. The number of aromatic nitrogens is 3. The van der Waals surface area contributed by atoms with E-state index < -0.39 is 17.8 Å². The van der Waals surface area contributed by atoms with Crippen molar-refractivity contribution >= 4 is 11.7 Å². The van der Waals surface area contributed by atoms with Crippen molar-refractivity contribution in [2.24, 2.45) is 5.73 Å². The largest absolute Gasteiger partial charge is 0.490 e. The molecule has 2 aromatic heterocycles. The summed E-state index contributed by atoms with van der Waals surface area (Å²) < 4.78 is 43.4. The summed E-state index contributed by atoms with van der Waals surface area (Å²) >= 11 is 0. The molecule has 0 unspecified atom stereocenters. The molecule has 2 N–H and O–H groups in total. The fourth-order valence-electron chi connectivity index (χ4n) is 2.66. The van der Waals surface area contributed by atoms with Gasteiger partial charge in [0, 0.05) is 38.2 Å². The number of anilines is 1. The van der Waals surface area contributed by atoms with Crippen LogP contribution in [0.5, 0.6) is 5.75 Å². The van der Waals surface area contributed by atoms with Crippen molar-refractivity contribution in [1.29, 1.82) is 0 Å². The van der Waals surface area contributed by atoms with E-state index in [-0.39, 0.29) is 11.8 Å². The van der Waals surface area contributed by atoms with Gasteiger partial charge in [-0.2, -0.15) is 13.2 Å². The maximum atomic E-state index is 12.5. The summed E-state index contributed by atoms with van der Waals surface area (Å²) in [4.78, 5) is 16.9. The van der Waals surface area contributed by atoms with Crippen molar-refractivity contribution in [2.45, 2.75) is 25.1 Å². The highest BCUT2D eigenvalue weighted by Gasteiger charge is 2.33. The molecule has 1 aliphatic rings.